The molecule has 12 heteroatoms. The SMILES string of the molecule is CCC(C)C(NC(=O)C(N)CC(N)=O)C(=O)NC(Cc1c[nH]c2ccccc12)C(=O)NC(CC(C)C)C(=O)O. The van der Waals surface area contributed by atoms with Crippen molar-refractivity contribution >= 4 is 40.5 Å². The van der Waals surface area contributed by atoms with Crippen LogP contribution >= 0.6 is 0 Å². The number of aromatic nitrogens is 1. The summed E-state index contributed by atoms with van der Waals surface area (Å²) in [6, 6.07) is 2.87. The Bertz CT molecular complexity index is 1180. The number of carbonyl (C=O) groups is 5. The summed E-state index contributed by atoms with van der Waals surface area (Å²) in [7, 11) is 0. The minimum Gasteiger partial charge on any atom is -0.480 e. The third kappa shape index (κ3) is 9.10. The maximum absolute atomic E-state index is 13.5. The van der Waals surface area contributed by atoms with Gasteiger partial charge in [-0.15, -0.1) is 0 Å². The van der Waals surface area contributed by atoms with Crippen LogP contribution in [0.1, 0.15) is 52.5 Å². The second-order valence-corrected chi connectivity index (χ2v) is 10.3. The molecule has 0 saturated heterocycles. The standard InChI is InChI=1S/C27H40N6O6/c1-5-15(4)23(33-24(35)18(28)12-22(29)34)26(37)31-20(25(36)32-21(27(38)39)10-14(2)3)11-16-13-30-19-9-7-6-8-17(16)19/h6-9,13-15,18,20-21,23,30H,5,10-12,28H2,1-4H3,(H2,29,34)(H,31,37)(H,32,36)(H,33,35)(H,38,39). The van der Waals surface area contributed by atoms with Crippen LogP contribution in [-0.4, -0.2) is 63.9 Å². The number of rotatable bonds is 15. The van der Waals surface area contributed by atoms with Gasteiger partial charge in [0.25, 0.3) is 0 Å². The molecule has 0 aliphatic rings. The fourth-order valence-electron chi connectivity index (χ4n) is 4.23. The highest BCUT2D eigenvalue weighted by Gasteiger charge is 2.33. The molecule has 39 heavy (non-hydrogen) atoms. The third-order valence-electron chi connectivity index (χ3n) is 6.60. The van der Waals surface area contributed by atoms with Crippen molar-refractivity contribution in [3.8, 4) is 0 Å². The maximum Gasteiger partial charge on any atom is 0.326 e. The van der Waals surface area contributed by atoms with E-state index in [0.29, 0.717) is 6.42 Å². The van der Waals surface area contributed by atoms with Gasteiger partial charge in [0, 0.05) is 23.5 Å². The Morgan fingerprint density at radius 3 is 2.18 bits per heavy atom. The summed E-state index contributed by atoms with van der Waals surface area (Å²) >= 11 is 0. The van der Waals surface area contributed by atoms with Crippen molar-refractivity contribution in [2.75, 3.05) is 0 Å². The van der Waals surface area contributed by atoms with Gasteiger partial charge in [0.05, 0.1) is 12.5 Å². The van der Waals surface area contributed by atoms with Crippen LogP contribution in [0.25, 0.3) is 10.9 Å². The molecule has 2 rings (SSSR count). The van der Waals surface area contributed by atoms with Crippen LogP contribution in [0.3, 0.4) is 0 Å². The van der Waals surface area contributed by atoms with Gasteiger partial charge in [-0.1, -0.05) is 52.3 Å². The van der Waals surface area contributed by atoms with Crippen molar-refractivity contribution < 1.29 is 29.1 Å². The van der Waals surface area contributed by atoms with Gasteiger partial charge in [-0.2, -0.15) is 0 Å². The average molecular weight is 545 g/mol. The fraction of sp³-hybridized carbons (Fsp3) is 0.519. The molecule has 0 saturated carbocycles. The van der Waals surface area contributed by atoms with E-state index in [-0.39, 0.29) is 24.7 Å². The average Bonchev–Trinajstić information content (AvgIpc) is 3.27. The van der Waals surface area contributed by atoms with E-state index in [4.69, 9.17) is 11.5 Å². The molecule has 0 aliphatic carbocycles. The number of aromatic amines is 1. The Labute approximate surface area is 227 Å². The van der Waals surface area contributed by atoms with Gasteiger partial charge in [-0.05, 0) is 29.9 Å². The quantitative estimate of drug-likeness (QED) is 0.169. The first-order chi connectivity index (χ1) is 18.3. The highest BCUT2D eigenvalue weighted by Crippen LogP contribution is 2.20. The van der Waals surface area contributed by atoms with Crippen LogP contribution in [0.15, 0.2) is 30.5 Å². The number of para-hydroxylation sites is 1. The summed E-state index contributed by atoms with van der Waals surface area (Å²) in [5, 5.41) is 18.3. The fourth-order valence-corrected chi connectivity index (χ4v) is 4.23. The van der Waals surface area contributed by atoms with Gasteiger partial charge < -0.3 is 37.5 Å². The zero-order chi connectivity index (χ0) is 29.3. The van der Waals surface area contributed by atoms with Crippen LogP contribution in [0, 0.1) is 11.8 Å². The lowest BCUT2D eigenvalue weighted by Gasteiger charge is -2.28. The number of H-pyrrole nitrogens is 1. The molecule has 5 atom stereocenters. The molecule has 0 aliphatic heterocycles. The molecular weight excluding hydrogens is 504 g/mol. The van der Waals surface area contributed by atoms with Gasteiger partial charge in [-0.25, -0.2) is 4.79 Å². The summed E-state index contributed by atoms with van der Waals surface area (Å²) in [5.41, 5.74) is 12.5. The summed E-state index contributed by atoms with van der Waals surface area (Å²) in [4.78, 5) is 65.6. The number of carboxylic acids is 1. The molecule has 9 N–H and O–H groups in total. The molecule has 1 heterocycles. The first-order valence-corrected chi connectivity index (χ1v) is 13.1. The summed E-state index contributed by atoms with van der Waals surface area (Å²) < 4.78 is 0. The van der Waals surface area contributed by atoms with Gasteiger partial charge in [-0.3, -0.25) is 19.2 Å². The molecule has 4 amide bonds. The topological polar surface area (TPSA) is 209 Å². The molecule has 12 nitrogen and oxygen atoms in total. The molecule has 1 aromatic heterocycles. The van der Waals surface area contributed by atoms with Crippen LogP contribution < -0.4 is 27.4 Å². The first kappa shape index (κ1) is 31.3. The van der Waals surface area contributed by atoms with E-state index in [1.54, 1.807) is 13.1 Å². The van der Waals surface area contributed by atoms with Crippen LogP contribution in [-0.2, 0) is 30.4 Å². The minimum atomic E-state index is -1.24. The molecule has 5 unspecified atom stereocenters. The molecule has 1 aromatic carbocycles. The van der Waals surface area contributed by atoms with Crippen LogP contribution in [0.2, 0.25) is 0 Å². The van der Waals surface area contributed by atoms with Gasteiger partial charge in [0.15, 0.2) is 0 Å². The normalized spacial score (nSPS) is 15.1. The minimum absolute atomic E-state index is 0.00247. The van der Waals surface area contributed by atoms with E-state index in [1.807, 2.05) is 45.0 Å². The largest absolute Gasteiger partial charge is 0.480 e. The monoisotopic (exact) mass is 544 g/mol. The van der Waals surface area contributed by atoms with E-state index >= 15 is 0 Å². The molecule has 2 aromatic rings. The van der Waals surface area contributed by atoms with Crippen molar-refractivity contribution in [3.63, 3.8) is 0 Å². The molecule has 0 fully saturated rings. The van der Waals surface area contributed by atoms with Crippen molar-refractivity contribution in [3.05, 3.63) is 36.0 Å². The molecular formula is C27H40N6O6. The molecule has 214 valence electrons. The van der Waals surface area contributed by atoms with E-state index in [2.05, 4.69) is 20.9 Å². The zero-order valence-corrected chi connectivity index (χ0v) is 22.8. The Hall–Kier alpha value is -3.93. The van der Waals surface area contributed by atoms with E-state index in [9.17, 15) is 29.1 Å². The number of amides is 4. The lowest BCUT2D eigenvalue weighted by molar-refractivity contribution is -0.142. The number of hydrogen-bond donors (Lipinski definition) is 7. The highest BCUT2D eigenvalue weighted by molar-refractivity contribution is 5.95. The molecule has 0 spiro atoms. The summed E-state index contributed by atoms with van der Waals surface area (Å²) in [6.45, 7) is 7.27. The Morgan fingerprint density at radius 1 is 0.949 bits per heavy atom. The number of primary amides is 1. The van der Waals surface area contributed by atoms with Crippen LogP contribution in [0.4, 0.5) is 0 Å². The van der Waals surface area contributed by atoms with Gasteiger partial charge in [0.1, 0.15) is 18.1 Å². The second-order valence-electron chi connectivity index (χ2n) is 10.3. The Balaban J connectivity index is 2.34. The number of nitrogens with one attached hydrogen (secondary N) is 4. The highest BCUT2D eigenvalue weighted by atomic mass is 16.4. The van der Waals surface area contributed by atoms with E-state index in [0.717, 1.165) is 16.5 Å². The Kier molecular flexibility index (Phi) is 11.5. The number of nitrogens with two attached hydrogens (primary N) is 2. The van der Waals surface area contributed by atoms with Gasteiger partial charge in [0.2, 0.25) is 23.6 Å². The van der Waals surface area contributed by atoms with E-state index < -0.39 is 60.2 Å². The number of carboxylic acid groups (broad SMARTS) is 1. The summed E-state index contributed by atoms with van der Waals surface area (Å²) in [5.74, 6) is -4.31. The van der Waals surface area contributed by atoms with Crippen molar-refractivity contribution in [2.45, 2.75) is 77.5 Å². The first-order valence-electron chi connectivity index (χ1n) is 13.1. The zero-order valence-electron chi connectivity index (χ0n) is 22.8. The predicted molar refractivity (Wildman–Crippen MR) is 146 cm³/mol. The predicted octanol–water partition coefficient (Wildman–Crippen LogP) is 0.544. The van der Waals surface area contributed by atoms with E-state index in [1.165, 1.54) is 0 Å². The number of carbonyl (C=O) groups excluding carboxylic acids is 4. The number of benzene rings is 1. The smallest absolute Gasteiger partial charge is 0.326 e. The Morgan fingerprint density at radius 2 is 1.59 bits per heavy atom. The van der Waals surface area contributed by atoms with Crippen molar-refractivity contribution in [1.29, 1.82) is 0 Å². The lowest BCUT2D eigenvalue weighted by atomic mass is 9.96. The lowest BCUT2D eigenvalue weighted by Crippen LogP contribution is -2.59. The van der Waals surface area contributed by atoms with Crippen molar-refractivity contribution in [2.24, 2.45) is 23.3 Å². The second kappa shape index (κ2) is 14.3. The van der Waals surface area contributed by atoms with Crippen LogP contribution in [0.5, 0.6) is 0 Å². The number of aliphatic carboxylic acids is 1. The summed E-state index contributed by atoms with van der Waals surface area (Å²) in [6.07, 6.45) is 2.13. The maximum atomic E-state index is 13.5. The number of hydrogen-bond acceptors (Lipinski definition) is 6. The molecule has 0 radical (unpaired) electrons. The van der Waals surface area contributed by atoms with Gasteiger partial charge >= 0.3 is 5.97 Å². The third-order valence-corrected chi connectivity index (χ3v) is 6.60. The molecule has 0 bridgehead atoms. The van der Waals surface area contributed by atoms with Crippen molar-refractivity contribution in [1.82, 2.24) is 20.9 Å². The number of fused-ring (bicyclic) bond motifs is 1.